The predicted molar refractivity (Wildman–Crippen MR) is 192 cm³/mol. The van der Waals surface area contributed by atoms with Crippen molar-refractivity contribution in [2.75, 3.05) is 0 Å². The van der Waals surface area contributed by atoms with Gasteiger partial charge < -0.3 is 9.15 Å². The summed E-state index contributed by atoms with van der Waals surface area (Å²) in [6, 6.07) is 51.7. The summed E-state index contributed by atoms with van der Waals surface area (Å²) in [6.45, 7) is 0. The Morgan fingerprint density at radius 3 is 1.90 bits per heavy atom. The molecule has 1 aliphatic heterocycles. The van der Waals surface area contributed by atoms with Gasteiger partial charge in [0, 0.05) is 32.8 Å². The van der Waals surface area contributed by atoms with Crippen LogP contribution in [0, 0.1) is 0 Å². The molecule has 10 rings (SSSR count). The van der Waals surface area contributed by atoms with E-state index in [1.807, 2.05) is 72.8 Å². The number of benzene rings is 7. The summed E-state index contributed by atoms with van der Waals surface area (Å²) < 4.78 is 12.7. The van der Waals surface area contributed by atoms with E-state index < -0.39 is 0 Å². The summed E-state index contributed by atoms with van der Waals surface area (Å²) in [5.41, 5.74) is 8.73. The average molecular weight is 616 g/mol. The van der Waals surface area contributed by atoms with Crippen molar-refractivity contribution in [3.8, 4) is 67.9 Å². The summed E-state index contributed by atoms with van der Waals surface area (Å²) in [6.07, 6.45) is 0. The zero-order valence-corrected chi connectivity index (χ0v) is 25.6. The number of nitrogens with zero attached hydrogens (tertiary/aromatic N) is 3. The molecule has 0 bridgehead atoms. The molecule has 0 radical (unpaired) electrons. The molecule has 0 N–H and O–H groups in total. The highest BCUT2D eigenvalue weighted by Crippen LogP contribution is 2.47. The molecule has 48 heavy (non-hydrogen) atoms. The molecule has 5 nitrogen and oxygen atoms in total. The molecule has 1 aliphatic rings. The Labute approximate surface area is 275 Å². The van der Waals surface area contributed by atoms with E-state index in [1.54, 1.807) is 0 Å². The molecule has 0 fully saturated rings. The topological polar surface area (TPSA) is 61.0 Å². The standard InChI is InChI=1S/C43H25N3O2/c1-2-9-28(10-3-1)41-44-42(46-43(45-41)34-16-8-15-33-31-13-4-5-17-36(31)48-40(33)34)29-21-19-26(20-22-29)30-23-24-37-35(25-30)32-14-6-11-27-12-7-18-38(47-37)39(27)32/h1-25H. The summed E-state index contributed by atoms with van der Waals surface area (Å²) in [4.78, 5) is 14.9. The van der Waals surface area contributed by atoms with Crippen LogP contribution in [-0.4, -0.2) is 15.0 Å². The lowest BCUT2D eigenvalue weighted by atomic mass is 9.92. The van der Waals surface area contributed by atoms with Crippen molar-refractivity contribution < 1.29 is 9.15 Å². The number of ether oxygens (including phenoxy) is 1. The number of hydrogen-bond acceptors (Lipinski definition) is 5. The number of aromatic nitrogens is 3. The van der Waals surface area contributed by atoms with Gasteiger partial charge in [0.2, 0.25) is 0 Å². The largest absolute Gasteiger partial charge is 0.456 e. The quantitative estimate of drug-likeness (QED) is 0.197. The van der Waals surface area contributed by atoms with Gasteiger partial charge in [-0.05, 0) is 52.4 Å². The van der Waals surface area contributed by atoms with Crippen LogP contribution in [0.1, 0.15) is 0 Å². The third-order valence-electron chi connectivity index (χ3n) is 9.15. The third kappa shape index (κ3) is 4.22. The Morgan fingerprint density at radius 2 is 1.04 bits per heavy atom. The normalized spacial score (nSPS) is 11.9. The number of hydrogen-bond donors (Lipinski definition) is 0. The van der Waals surface area contributed by atoms with Crippen LogP contribution in [0.15, 0.2) is 156 Å². The minimum atomic E-state index is 0.566. The van der Waals surface area contributed by atoms with Crippen LogP contribution in [-0.2, 0) is 0 Å². The van der Waals surface area contributed by atoms with Crippen LogP contribution in [0.4, 0.5) is 0 Å². The van der Waals surface area contributed by atoms with Gasteiger partial charge in [-0.1, -0.05) is 121 Å². The van der Waals surface area contributed by atoms with Crippen LogP contribution in [0.2, 0.25) is 0 Å². The summed E-state index contributed by atoms with van der Waals surface area (Å²) >= 11 is 0. The molecule has 0 saturated carbocycles. The first-order valence-corrected chi connectivity index (χ1v) is 15.9. The third-order valence-corrected chi connectivity index (χ3v) is 9.15. The van der Waals surface area contributed by atoms with E-state index in [4.69, 9.17) is 24.1 Å². The molecule has 0 spiro atoms. The Kier molecular flexibility index (Phi) is 5.81. The van der Waals surface area contributed by atoms with Gasteiger partial charge >= 0.3 is 0 Å². The predicted octanol–water partition coefficient (Wildman–Crippen LogP) is 11.4. The van der Waals surface area contributed by atoms with Gasteiger partial charge in [0.15, 0.2) is 17.5 Å². The molecule has 5 heteroatoms. The van der Waals surface area contributed by atoms with Gasteiger partial charge in [0.05, 0.1) is 5.56 Å². The lowest BCUT2D eigenvalue weighted by Crippen LogP contribution is -2.00. The van der Waals surface area contributed by atoms with Gasteiger partial charge in [-0.25, -0.2) is 15.0 Å². The highest BCUT2D eigenvalue weighted by Gasteiger charge is 2.21. The fourth-order valence-corrected chi connectivity index (χ4v) is 6.82. The van der Waals surface area contributed by atoms with E-state index in [0.717, 1.165) is 72.2 Å². The first kappa shape index (κ1) is 26.6. The van der Waals surface area contributed by atoms with Gasteiger partial charge in [-0.3, -0.25) is 0 Å². The zero-order valence-electron chi connectivity index (χ0n) is 25.6. The average Bonchev–Trinajstić information content (AvgIpc) is 3.54. The fraction of sp³-hybridized carbons (Fsp3) is 0. The number of fused-ring (bicyclic) bond motifs is 5. The molecule has 2 aromatic heterocycles. The van der Waals surface area contributed by atoms with E-state index >= 15 is 0 Å². The second-order valence-corrected chi connectivity index (χ2v) is 12.0. The molecule has 0 aliphatic carbocycles. The molecule has 3 heterocycles. The first-order valence-electron chi connectivity index (χ1n) is 15.9. The van der Waals surface area contributed by atoms with Crippen molar-refractivity contribution in [2.45, 2.75) is 0 Å². The van der Waals surface area contributed by atoms with Crippen LogP contribution in [0.5, 0.6) is 11.5 Å². The molecule has 0 amide bonds. The maximum absolute atomic E-state index is 6.36. The van der Waals surface area contributed by atoms with E-state index in [9.17, 15) is 0 Å². The van der Waals surface area contributed by atoms with Gasteiger partial charge in [0.1, 0.15) is 22.7 Å². The van der Waals surface area contributed by atoms with Crippen molar-refractivity contribution in [1.82, 2.24) is 15.0 Å². The SMILES string of the molecule is c1ccc(-c2nc(-c3ccc(-c4ccc5c(c4)-c4cccc6cccc(c46)O5)cc3)nc(-c3cccc4c3oc3ccccc34)n2)cc1. The van der Waals surface area contributed by atoms with Crippen molar-refractivity contribution >= 4 is 32.7 Å². The van der Waals surface area contributed by atoms with E-state index in [-0.39, 0.29) is 0 Å². The van der Waals surface area contributed by atoms with Crippen LogP contribution < -0.4 is 4.74 Å². The minimum Gasteiger partial charge on any atom is -0.456 e. The van der Waals surface area contributed by atoms with E-state index in [1.165, 1.54) is 10.9 Å². The summed E-state index contributed by atoms with van der Waals surface area (Å²) in [5.74, 6) is 3.54. The monoisotopic (exact) mass is 615 g/mol. The highest BCUT2D eigenvalue weighted by atomic mass is 16.5. The maximum atomic E-state index is 6.36. The van der Waals surface area contributed by atoms with Gasteiger partial charge in [-0.15, -0.1) is 0 Å². The summed E-state index contributed by atoms with van der Waals surface area (Å²) in [5, 5.41) is 4.43. The van der Waals surface area contributed by atoms with Crippen LogP contribution >= 0.6 is 0 Å². The Bertz CT molecular complexity index is 2690. The van der Waals surface area contributed by atoms with E-state index in [2.05, 4.69) is 78.9 Å². The molecular weight excluding hydrogens is 590 g/mol. The van der Waals surface area contributed by atoms with Crippen LogP contribution in [0.25, 0.3) is 89.1 Å². The zero-order chi connectivity index (χ0) is 31.6. The maximum Gasteiger partial charge on any atom is 0.167 e. The molecule has 0 saturated heterocycles. The van der Waals surface area contributed by atoms with Crippen molar-refractivity contribution in [2.24, 2.45) is 0 Å². The lowest BCUT2D eigenvalue weighted by Gasteiger charge is -2.22. The van der Waals surface area contributed by atoms with Crippen LogP contribution in [0.3, 0.4) is 0 Å². The van der Waals surface area contributed by atoms with Gasteiger partial charge in [0.25, 0.3) is 0 Å². The molecule has 9 aromatic rings. The lowest BCUT2D eigenvalue weighted by molar-refractivity contribution is 0.487. The Balaban J connectivity index is 1.08. The smallest absolute Gasteiger partial charge is 0.167 e. The molecule has 7 aromatic carbocycles. The first-order chi connectivity index (χ1) is 23.8. The van der Waals surface area contributed by atoms with Crippen molar-refractivity contribution in [3.05, 3.63) is 152 Å². The molecule has 0 unspecified atom stereocenters. The fourth-order valence-electron chi connectivity index (χ4n) is 6.82. The van der Waals surface area contributed by atoms with E-state index in [0.29, 0.717) is 17.5 Å². The Hall–Kier alpha value is -6.59. The second-order valence-electron chi connectivity index (χ2n) is 12.0. The minimum absolute atomic E-state index is 0.566. The van der Waals surface area contributed by atoms with Crippen molar-refractivity contribution in [3.63, 3.8) is 0 Å². The second kappa shape index (κ2) is 10.5. The number of para-hydroxylation sites is 2. The highest BCUT2D eigenvalue weighted by molar-refractivity contribution is 6.09. The number of furan rings is 1. The number of rotatable bonds is 4. The molecule has 0 atom stereocenters. The van der Waals surface area contributed by atoms with Gasteiger partial charge in [-0.2, -0.15) is 0 Å². The summed E-state index contributed by atoms with van der Waals surface area (Å²) in [7, 11) is 0. The molecular formula is C43H25N3O2. The Morgan fingerprint density at radius 1 is 0.396 bits per heavy atom. The molecule has 224 valence electrons. The van der Waals surface area contributed by atoms with Crippen molar-refractivity contribution in [1.29, 1.82) is 0 Å².